The van der Waals surface area contributed by atoms with Crippen molar-refractivity contribution in [2.75, 3.05) is 0 Å². The van der Waals surface area contributed by atoms with Gasteiger partial charge in [0.05, 0.1) is 0 Å². The third kappa shape index (κ3) is 2.56. The van der Waals surface area contributed by atoms with Crippen molar-refractivity contribution in [2.45, 2.75) is 12.1 Å². The van der Waals surface area contributed by atoms with Crippen molar-refractivity contribution >= 4 is 6.09 Å². The lowest BCUT2D eigenvalue weighted by Crippen LogP contribution is -2.19. The summed E-state index contributed by atoms with van der Waals surface area (Å²) in [5, 5.41) is 2.70. The number of rotatable bonds is 2. The summed E-state index contributed by atoms with van der Waals surface area (Å²) in [7, 11) is 0. The Morgan fingerprint density at radius 2 is 2.14 bits per heavy atom. The van der Waals surface area contributed by atoms with Crippen molar-refractivity contribution in [1.29, 1.82) is 0 Å². The van der Waals surface area contributed by atoms with Crippen LogP contribution in [0, 0.1) is 18.2 Å². The number of amides is 1. The topological polar surface area (TPSA) is 51.2 Å². The molecule has 2 heterocycles. The van der Waals surface area contributed by atoms with E-state index in [1.807, 2.05) is 0 Å². The van der Waals surface area contributed by atoms with Crippen LogP contribution in [-0.4, -0.2) is 11.1 Å². The van der Waals surface area contributed by atoms with Crippen LogP contribution in [0.25, 0.3) is 0 Å². The fourth-order valence-corrected chi connectivity index (χ4v) is 2.33. The standard InChI is InChI=1S/C16H11FN2O2/c1-2-10-6-12(9-18-8-10)14-15(21-16(20)19-14)11-4-3-5-13(17)7-11/h1,3-9,14-15H,(H,19,20)/t14-,15-/m1/s1. The third-order valence-corrected chi connectivity index (χ3v) is 3.27. The molecule has 1 aromatic heterocycles. The van der Waals surface area contributed by atoms with Gasteiger partial charge in [0.2, 0.25) is 0 Å². The van der Waals surface area contributed by atoms with E-state index >= 15 is 0 Å². The fraction of sp³-hybridized carbons (Fsp3) is 0.125. The minimum Gasteiger partial charge on any atom is -0.439 e. The van der Waals surface area contributed by atoms with Crippen molar-refractivity contribution in [3.8, 4) is 12.3 Å². The minimum absolute atomic E-state index is 0.385. The summed E-state index contributed by atoms with van der Waals surface area (Å²) in [6.07, 6.45) is 7.33. The van der Waals surface area contributed by atoms with Gasteiger partial charge in [0, 0.05) is 18.0 Å². The average Bonchev–Trinajstić information content (AvgIpc) is 2.89. The van der Waals surface area contributed by atoms with Gasteiger partial charge in [-0.25, -0.2) is 9.18 Å². The number of aromatic nitrogens is 1. The summed E-state index contributed by atoms with van der Waals surface area (Å²) < 4.78 is 18.6. The van der Waals surface area contributed by atoms with Crippen molar-refractivity contribution in [2.24, 2.45) is 0 Å². The molecule has 1 amide bonds. The van der Waals surface area contributed by atoms with E-state index in [2.05, 4.69) is 16.2 Å². The van der Waals surface area contributed by atoms with Crippen LogP contribution < -0.4 is 5.32 Å². The number of hydrogen-bond acceptors (Lipinski definition) is 3. The molecule has 4 nitrogen and oxygen atoms in total. The Morgan fingerprint density at radius 1 is 1.29 bits per heavy atom. The van der Waals surface area contributed by atoms with Crippen LogP contribution in [0.4, 0.5) is 9.18 Å². The molecule has 104 valence electrons. The lowest BCUT2D eigenvalue weighted by atomic mass is 9.97. The van der Waals surface area contributed by atoms with Crippen LogP contribution in [0.15, 0.2) is 42.7 Å². The van der Waals surface area contributed by atoms with E-state index in [0.29, 0.717) is 16.7 Å². The minimum atomic E-state index is -0.622. The summed E-state index contributed by atoms with van der Waals surface area (Å²) in [5.74, 6) is 2.11. The highest BCUT2D eigenvalue weighted by molar-refractivity contribution is 5.71. The zero-order valence-electron chi connectivity index (χ0n) is 10.9. The smallest absolute Gasteiger partial charge is 0.408 e. The number of benzene rings is 1. The SMILES string of the molecule is C#Cc1cncc([C@H]2NC(=O)O[C@@H]2c2cccc(F)c2)c1. The second kappa shape index (κ2) is 5.25. The van der Waals surface area contributed by atoms with E-state index in [4.69, 9.17) is 11.2 Å². The Morgan fingerprint density at radius 3 is 2.90 bits per heavy atom. The summed E-state index contributed by atoms with van der Waals surface area (Å²) in [4.78, 5) is 15.6. The van der Waals surface area contributed by atoms with Gasteiger partial charge in [-0.05, 0) is 29.3 Å². The van der Waals surface area contributed by atoms with E-state index < -0.39 is 18.2 Å². The number of nitrogens with zero attached hydrogens (tertiary/aromatic N) is 1. The van der Waals surface area contributed by atoms with Crippen LogP contribution in [0.5, 0.6) is 0 Å². The normalized spacial score (nSPS) is 20.5. The molecule has 1 aliphatic heterocycles. The molecular weight excluding hydrogens is 271 g/mol. The number of carbonyl (C=O) groups excluding carboxylic acids is 1. The predicted octanol–water partition coefficient (Wildman–Crippen LogP) is 2.72. The molecule has 1 N–H and O–H groups in total. The number of nitrogens with one attached hydrogen (secondary N) is 1. The number of hydrogen-bond donors (Lipinski definition) is 1. The number of ether oxygens (including phenoxy) is 1. The lowest BCUT2D eigenvalue weighted by Gasteiger charge is -2.17. The Bertz CT molecular complexity index is 739. The third-order valence-electron chi connectivity index (χ3n) is 3.27. The largest absolute Gasteiger partial charge is 0.439 e. The molecule has 2 aromatic rings. The molecule has 0 spiro atoms. The van der Waals surface area contributed by atoms with Crippen LogP contribution in [-0.2, 0) is 4.74 Å². The Labute approximate surface area is 121 Å². The van der Waals surface area contributed by atoms with Gasteiger partial charge in [-0.2, -0.15) is 0 Å². The number of terminal acetylenes is 1. The summed E-state index contributed by atoms with van der Waals surface area (Å²) in [5.41, 5.74) is 1.89. The Hall–Kier alpha value is -2.87. The van der Waals surface area contributed by atoms with Gasteiger partial charge >= 0.3 is 6.09 Å². The molecule has 3 rings (SSSR count). The number of cyclic esters (lactones) is 1. The fourth-order valence-electron chi connectivity index (χ4n) is 2.33. The molecule has 1 saturated heterocycles. The van der Waals surface area contributed by atoms with Gasteiger partial charge in [-0.3, -0.25) is 4.98 Å². The molecule has 0 saturated carbocycles. The van der Waals surface area contributed by atoms with Crippen LogP contribution in [0.1, 0.15) is 28.8 Å². The van der Waals surface area contributed by atoms with Gasteiger partial charge in [0.15, 0.2) is 6.10 Å². The van der Waals surface area contributed by atoms with Crippen molar-refractivity contribution in [1.82, 2.24) is 10.3 Å². The first-order valence-corrected chi connectivity index (χ1v) is 6.31. The first-order valence-electron chi connectivity index (χ1n) is 6.31. The maximum absolute atomic E-state index is 13.4. The summed E-state index contributed by atoms with van der Waals surface area (Å²) in [6.45, 7) is 0. The summed E-state index contributed by atoms with van der Waals surface area (Å²) in [6, 6.07) is 7.25. The number of alkyl carbamates (subject to hydrolysis) is 1. The van der Waals surface area contributed by atoms with Gasteiger partial charge < -0.3 is 10.1 Å². The number of pyridine rings is 1. The van der Waals surface area contributed by atoms with E-state index in [9.17, 15) is 9.18 Å². The molecule has 1 fully saturated rings. The molecule has 21 heavy (non-hydrogen) atoms. The molecule has 0 unspecified atom stereocenters. The first-order chi connectivity index (χ1) is 10.2. The average molecular weight is 282 g/mol. The molecule has 2 atom stereocenters. The first kappa shape index (κ1) is 13.1. The van der Waals surface area contributed by atoms with Crippen molar-refractivity contribution in [3.63, 3.8) is 0 Å². The van der Waals surface area contributed by atoms with Crippen LogP contribution >= 0.6 is 0 Å². The van der Waals surface area contributed by atoms with Crippen LogP contribution in [0.2, 0.25) is 0 Å². The second-order valence-electron chi connectivity index (χ2n) is 4.65. The lowest BCUT2D eigenvalue weighted by molar-refractivity contribution is 0.132. The van der Waals surface area contributed by atoms with E-state index in [0.717, 1.165) is 0 Å². The van der Waals surface area contributed by atoms with E-state index in [1.165, 1.54) is 12.1 Å². The zero-order valence-corrected chi connectivity index (χ0v) is 10.9. The maximum atomic E-state index is 13.4. The molecule has 0 bridgehead atoms. The van der Waals surface area contributed by atoms with Gasteiger partial charge in [0.1, 0.15) is 11.9 Å². The molecule has 0 aliphatic carbocycles. The molecule has 0 radical (unpaired) electrons. The molecule has 1 aromatic carbocycles. The predicted molar refractivity (Wildman–Crippen MR) is 73.7 cm³/mol. The highest BCUT2D eigenvalue weighted by Crippen LogP contribution is 2.36. The Balaban J connectivity index is 1.99. The molecule has 1 aliphatic rings. The highest BCUT2D eigenvalue weighted by atomic mass is 19.1. The number of carbonyl (C=O) groups is 1. The van der Waals surface area contributed by atoms with Crippen LogP contribution in [0.3, 0.4) is 0 Å². The number of halogens is 1. The monoisotopic (exact) mass is 282 g/mol. The van der Waals surface area contributed by atoms with E-state index in [-0.39, 0.29) is 5.82 Å². The second-order valence-corrected chi connectivity index (χ2v) is 4.65. The van der Waals surface area contributed by atoms with Gasteiger partial charge in [-0.1, -0.05) is 18.1 Å². The molecule has 5 heteroatoms. The highest BCUT2D eigenvalue weighted by Gasteiger charge is 2.36. The van der Waals surface area contributed by atoms with Gasteiger partial charge in [0.25, 0.3) is 0 Å². The van der Waals surface area contributed by atoms with Crippen molar-refractivity contribution < 1.29 is 13.9 Å². The van der Waals surface area contributed by atoms with Crippen molar-refractivity contribution in [3.05, 3.63) is 65.2 Å². The summed E-state index contributed by atoms with van der Waals surface area (Å²) >= 11 is 0. The molecular formula is C16H11FN2O2. The zero-order chi connectivity index (χ0) is 14.8. The van der Waals surface area contributed by atoms with Gasteiger partial charge in [-0.15, -0.1) is 6.42 Å². The maximum Gasteiger partial charge on any atom is 0.408 e. The quantitative estimate of drug-likeness (QED) is 0.862. The Kier molecular flexibility index (Phi) is 3.28. The van der Waals surface area contributed by atoms with E-state index in [1.54, 1.807) is 30.6 Å².